The van der Waals surface area contributed by atoms with Crippen LogP contribution in [-0.4, -0.2) is 45.6 Å². The van der Waals surface area contributed by atoms with Crippen LogP contribution >= 0.6 is 0 Å². The average Bonchev–Trinajstić information content (AvgIpc) is 3.26. The minimum Gasteiger partial charge on any atom is -0.465 e. The van der Waals surface area contributed by atoms with Gasteiger partial charge in [0.1, 0.15) is 22.9 Å². The maximum atomic E-state index is 12.6. The molecule has 4 heterocycles. The van der Waals surface area contributed by atoms with E-state index in [1.165, 1.54) is 0 Å². The van der Waals surface area contributed by atoms with Gasteiger partial charge < -0.3 is 19.0 Å². The third kappa shape index (κ3) is 3.66. The predicted octanol–water partition coefficient (Wildman–Crippen LogP) is 2.20. The number of aryl methyl sites for hydroxylation is 1. The molecule has 7 heteroatoms. The molecule has 1 spiro atoms. The largest absolute Gasteiger partial charge is 0.465 e. The predicted molar refractivity (Wildman–Crippen MR) is 100 cm³/mol. The van der Waals surface area contributed by atoms with Crippen LogP contribution in [0.5, 0.6) is 0 Å². The SMILES string of the molecule is Cc1ccc(CN2CCC3(CC2)O[C@@H](C(=O)NC(C)C)Cn2ccnc23)o1. The van der Waals surface area contributed by atoms with Gasteiger partial charge in [0, 0.05) is 31.5 Å². The fourth-order valence-corrected chi connectivity index (χ4v) is 4.11. The zero-order valence-corrected chi connectivity index (χ0v) is 16.3. The number of nitrogens with one attached hydrogen (secondary N) is 1. The Bertz CT molecular complexity index is 802. The monoisotopic (exact) mass is 372 g/mol. The number of aromatic nitrogens is 2. The number of piperidine rings is 1. The molecule has 1 N–H and O–H groups in total. The Hall–Kier alpha value is -2.12. The van der Waals surface area contributed by atoms with Gasteiger partial charge in [-0.05, 0) is 45.7 Å². The van der Waals surface area contributed by atoms with Crippen LogP contribution in [0.15, 0.2) is 28.9 Å². The number of rotatable bonds is 4. The smallest absolute Gasteiger partial charge is 0.251 e. The molecular formula is C20H28N4O3. The van der Waals surface area contributed by atoms with E-state index in [-0.39, 0.29) is 11.9 Å². The maximum Gasteiger partial charge on any atom is 0.251 e. The third-order valence-corrected chi connectivity index (χ3v) is 5.42. The van der Waals surface area contributed by atoms with Gasteiger partial charge in [0.2, 0.25) is 0 Å². The molecule has 146 valence electrons. The van der Waals surface area contributed by atoms with E-state index in [4.69, 9.17) is 9.15 Å². The molecule has 27 heavy (non-hydrogen) atoms. The van der Waals surface area contributed by atoms with Crippen LogP contribution in [0, 0.1) is 6.92 Å². The van der Waals surface area contributed by atoms with Crippen LogP contribution in [-0.2, 0) is 28.2 Å². The number of imidazole rings is 1. The number of hydrogen-bond acceptors (Lipinski definition) is 5. The number of hydrogen-bond donors (Lipinski definition) is 1. The standard InChI is InChI=1S/C20H28N4O3/c1-14(2)22-18(25)17-13-24-11-8-21-19(24)20(27-17)6-9-23(10-7-20)12-16-5-4-15(3)26-16/h4-5,8,11,14,17H,6-7,9-10,12-13H2,1-3H3,(H,22,25)/t17-/m1/s1. The molecule has 0 saturated carbocycles. The Balaban J connectivity index is 1.48. The first kappa shape index (κ1) is 18.3. The lowest BCUT2D eigenvalue weighted by Gasteiger charge is -2.45. The van der Waals surface area contributed by atoms with E-state index in [1.54, 1.807) is 6.20 Å². The molecule has 1 atom stereocenters. The maximum absolute atomic E-state index is 12.6. The molecule has 0 aliphatic carbocycles. The van der Waals surface area contributed by atoms with Crippen molar-refractivity contribution in [3.63, 3.8) is 0 Å². The summed E-state index contributed by atoms with van der Waals surface area (Å²) < 4.78 is 14.2. The van der Waals surface area contributed by atoms with Crippen LogP contribution < -0.4 is 5.32 Å². The Kier molecular flexibility index (Phi) is 4.82. The van der Waals surface area contributed by atoms with Crippen LogP contribution in [0.3, 0.4) is 0 Å². The summed E-state index contributed by atoms with van der Waals surface area (Å²) in [4.78, 5) is 19.5. The summed E-state index contributed by atoms with van der Waals surface area (Å²) in [5, 5.41) is 2.98. The highest BCUT2D eigenvalue weighted by Crippen LogP contribution is 2.40. The lowest BCUT2D eigenvalue weighted by molar-refractivity contribution is -0.174. The minimum atomic E-state index is -0.490. The van der Waals surface area contributed by atoms with Crippen molar-refractivity contribution < 1.29 is 13.9 Å². The number of amides is 1. The lowest BCUT2D eigenvalue weighted by atomic mass is 9.88. The quantitative estimate of drug-likeness (QED) is 0.891. The topological polar surface area (TPSA) is 72.5 Å². The molecule has 0 bridgehead atoms. The van der Waals surface area contributed by atoms with E-state index in [0.717, 1.165) is 49.8 Å². The van der Waals surface area contributed by atoms with E-state index < -0.39 is 11.7 Å². The van der Waals surface area contributed by atoms with Crippen molar-refractivity contribution in [3.8, 4) is 0 Å². The van der Waals surface area contributed by atoms with Gasteiger partial charge in [-0.15, -0.1) is 0 Å². The fraction of sp³-hybridized carbons (Fsp3) is 0.600. The van der Waals surface area contributed by atoms with Crippen LogP contribution in [0.2, 0.25) is 0 Å². The molecule has 1 fully saturated rings. The fourth-order valence-electron chi connectivity index (χ4n) is 4.11. The molecular weight excluding hydrogens is 344 g/mol. The summed E-state index contributed by atoms with van der Waals surface area (Å²) in [6, 6.07) is 4.13. The summed E-state index contributed by atoms with van der Waals surface area (Å²) >= 11 is 0. The Morgan fingerprint density at radius 1 is 1.37 bits per heavy atom. The number of likely N-dealkylation sites (tertiary alicyclic amines) is 1. The number of furan rings is 1. The summed E-state index contributed by atoms with van der Waals surface area (Å²) in [5.74, 6) is 2.83. The van der Waals surface area contributed by atoms with E-state index in [1.807, 2.05) is 39.1 Å². The number of fused-ring (bicyclic) bond motifs is 2. The van der Waals surface area contributed by atoms with Gasteiger partial charge in [-0.2, -0.15) is 0 Å². The first-order valence-corrected chi connectivity index (χ1v) is 9.73. The summed E-state index contributed by atoms with van der Waals surface area (Å²) in [6.45, 7) is 8.98. The van der Waals surface area contributed by atoms with Crippen molar-refractivity contribution in [3.05, 3.63) is 41.9 Å². The zero-order chi connectivity index (χ0) is 19.0. The Morgan fingerprint density at radius 2 is 2.15 bits per heavy atom. The molecule has 2 aromatic heterocycles. The second kappa shape index (κ2) is 7.13. The molecule has 1 amide bonds. The number of carbonyl (C=O) groups excluding carboxylic acids is 1. The summed E-state index contributed by atoms with van der Waals surface area (Å²) in [5.41, 5.74) is -0.490. The van der Waals surface area contributed by atoms with E-state index in [2.05, 4.69) is 19.8 Å². The average molecular weight is 372 g/mol. The van der Waals surface area contributed by atoms with Gasteiger partial charge in [-0.25, -0.2) is 4.98 Å². The summed E-state index contributed by atoms with van der Waals surface area (Å²) in [7, 11) is 0. The van der Waals surface area contributed by atoms with Gasteiger partial charge in [-0.3, -0.25) is 9.69 Å². The number of ether oxygens (including phenoxy) is 1. The van der Waals surface area contributed by atoms with E-state index >= 15 is 0 Å². The van der Waals surface area contributed by atoms with Crippen molar-refractivity contribution >= 4 is 5.91 Å². The van der Waals surface area contributed by atoms with Gasteiger partial charge in [0.25, 0.3) is 5.91 Å². The normalized spacial score (nSPS) is 22.1. The molecule has 1 saturated heterocycles. The van der Waals surface area contributed by atoms with Crippen molar-refractivity contribution in [2.75, 3.05) is 13.1 Å². The van der Waals surface area contributed by atoms with Gasteiger partial charge in [0.05, 0.1) is 13.1 Å². The molecule has 0 aromatic carbocycles. The molecule has 4 rings (SSSR count). The highest BCUT2D eigenvalue weighted by Gasteiger charge is 2.47. The molecule has 2 aromatic rings. The van der Waals surface area contributed by atoms with E-state index in [0.29, 0.717) is 6.54 Å². The Labute approximate surface area is 159 Å². The van der Waals surface area contributed by atoms with E-state index in [9.17, 15) is 4.79 Å². The Morgan fingerprint density at radius 3 is 2.81 bits per heavy atom. The number of carbonyl (C=O) groups is 1. The van der Waals surface area contributed by atoms with Gasteiger partial charge in [0.15, 0.2) is 6.10 Å². The number of nitrogens with zero attached hydrogens (tertiary/aromatic N) is 3. The zero-order valence-electron chi connectivity index (χ0n) is 16.3. The first-order chi connectivity index (χ1) is 12.9. The van der Waals surface area contributed by atoms with Gasteiger partial charge in [-0.1, -0.05) is 0 Å². The van der Waals surface area contributed by atoms with Crippen molar-refractivity contribution in [2.45, 2.75) is 64.4 Å². The molecule has 2 aliphatic heterocycles. The molecule has 2 aliphatic rings. The highest BCUT2D eigenvalue weighted by molar-refractivity contribution is 5.81. The molecule has 0 radical (unpaired) electrons. The van der Waals surface area contributed by atoms with Crippen molar-refractivity contribution in [2.24, 2.45) is 0 Å². The van der Waals surface area contributed by atoms with Crippen LogP contribution in [0.25, 0.3) is 0 Å². The second-order valence-electron chi connectivity index (χ2n) is 7.96. The molecule has 0 unspecified atom stereocenters. The highest BCUT2D eigenvalue weighted by atomic mass is 16.5. The minimum absolute atomic E-state index is 0.0442. The lowest BCUT2D eigenvalue weighted by Crippen LogP contribution is -2.54. The summed E-state index contributed by atoms with van der Waals surface area (Å²) in [6.07, 6.45) is 4.91. The third-order valence-electron chi connectivity index (χ3n) is 5.42. The van der Waals surface area contributed by atoms with Crippen molar-refractivity contribution in [1.29, 1.82) is 0 Å². The second-order valence-corrected chi connectivity index (χ2v) is 7.96. The van der Waals surface area contributed by atoms with Gasteiger partial charge >= 0.3 is 0 Å². The molecule has 7 nitrogen and oxygen atoms in total. The van der Waals surface area contributed by atoms with Crippen molar-refractivity contribution in [1.82, 2.24) is 19.8 Å². The first-order valence-electron chi connectivity index (χ1n) is 9.73. The van der Waals surface area contributed by atoms with Crippen LogP contribution in [0.4, 0.5) is 0 Å². The van der Waals surface area contributed by atoms with Crippen LogP contribution in [0.1, 0.15) is 44.0 Å².